The van der Waals surface area contributed by atoms with E-state index in [2.05, 4.69) is 10.1 Å². The molecule has 27 heavy (non-hydrogen) atoms. The second-order valence-electron chi connectivity index (χ2n) is 6.45. The molecule has 138 valence electrons. The van der Waals surface area contributed by atoms with E-state index in [9.17, 15) is 13.6 Å². The molecular weight excluding hydrogens is 376 g/mol. The van der Waals surface area contributed by atoms with Crippen molar-refractivity contribution < 1.29 is 18.1 Å². The lowest BCUT2D eigenvalue weighted by Crippen LogP contribution is -2.25. The Hall–Kier alpha value is -2.80. The van der Waals surface area contributed by atoms with Gasteiger partial charge in [-0.15, -0.1) is 0 Å². The molecule has 1 aliphatic heterocycles. The molecule has 1 aliphatic rings. The molecule has 0 aliphatic carbocycles. The van der Waals surface area contributed by atoms with Gasteiger partial charge in [0, 0.05) is 18.5 Å². The van der Waals surface area contributed by atoms with Gasteiger partial charge < -0.3 is 9.42 Å². The molecule has 0 spiro atoms. The van der Waals surface area contributed by atoms with Crippen molar-refractivity contribution in [1.82, 2.24) is 10.1 Å². The molecule has 8 heteroatoms. The Kier molecular flexibility index (Phi) is 4.39. The van der Waals surface area contributed by atoms with Gasteiger partial charge in [-0.25, -0.2) is 8.78 Å². The summed E-state index contributed by atoms with van der Waals surface area (Å²) in [6.07, 6.45) is 0.138. The van der Waals surface area contributed by atoms with Crippen molar-refractivity contribution in [2.24, 2.45) is 0 Å². The molecule has 1 aromatic heterocycles. The summed E-state index contributed by atoms with van der Waals surface area (Å²) in [4.78, 5) is 18.1. The van der Waals surface area contributed by atoms with Crippen molar-refractivity contribution >= 4 is 23.2 Å². The van der Waals surface area contributed by atoms with Crippen LogP contribution in [-0.2, 0) is 4.79 Å². The van der Waals surface area contributed by atoms with Crippen LogP contribution in [0.15, 0.2) is 40.9 Å². The van der Waals surface area contributed by atoms with E-state index in [0.717, 1.165) is 5.56 Å². The third-order valence-electron chi connectivity index (χ3n) is 4.49. The average Bonchev–Trinajstić information content (AvgIpc) is 3.25. The Labute approximate surface area is 158 Å². The van der Waals surface area contributed by atoms with Gasteiger partial charge >= 0.3 is 0 Å². The molecule has 0 saturated carbocycles. The maximum atomic E-state index is 14.2. The summed E-state index contributed by atoms with van der Waals surface area (Å²) in [5.74, 6) is -1.03. The van der Waals surface area contributed by atoms with E-state index in [1.165, 1.54) is 29.2 Å². The Morgan fingerprint density at radius 3 is 2.74 bits per heavy atom. The number of hydrogen-bond donors (Lipinski definition) is 0. The lowest BCUT2D eigenvalue weighted by atomic mass is 10.1. The number of hydrogen-bond acceptors (Lipinski definition) is 4. The quantitative estimate of drug-likeness (QED) is 0.662. The van der Waals surface area contributed by atoms with Crippen LogP contribution in [0.3, 0.4) is 0 Å². The zero-order valence-electron chi connectivity index (χ0n) is 14.2. The van der Waals surface area contributed by atoms with Crippen molar-refractivity contribution in [2.75, 3.05) is 11.4 Å². The van der Waals surface area contributed by atoms with E-state index in [0.29, 0.717) is 5.56 Å². The van der Waals surface area contributed by atoms with E-state index in [4.69, 9.17) is 16.1 Å². The highest BCUT2D eigenvalue weighted by Gasteiger charge is 2.36. The number of benzene rings is 2. The predicted molar refractivity (Wildman–Crippen MR) is 95.6 cm³/mol. The maximum absolute atomic E-state index is 14.2. The SMILES string of the molecule is Cc1ccc(N2CC(c3nc(-c4ccc(F)c(Cl)c4)no3)CC2=O)c(F)c1. The molecule has 1 atom stereocenters. The first-order chi connectivity index (χ1) is 12.9. The van der Waals surface area contributed by atoms with Crippen LogP contribution in [0.1, 0.15) is 23.8 Å². The van der Waals surface area contributed by atoms with E-state index >= 15 is 0 Å². The van der Waals surface area contributed by atoms with Gasteiger partial charge in [-0.3, -0.25) is 4.79 Å². The van der Waals surface area contributed by atoms with Gasteiger partial charge in [0.15, 0.2) is 0 Å². The number of aryl methyl sites for hydroxylation is 1. The first kappa shape index (κ1) is 17.6. The predicted octanol–water partition coefficient (Wildman–Crippen LogP) is 4.50. The molecule has 2 aromatic carbocycles. The summed E-state index contributed by atoms with van der Waals surface area (Å²) in [6, 6.07) is 8.84. The molecule has 1 fully saturated rings. The van der Waals surface area contributed by atoms with Crippen LogP contribution in [0, 0.1) is 18.6 Å². The van der Waals surface area contributed by atoms with Crippen molar-refractivity contribution in [2.45, 2.75) is 19.3 Å². The van der Waals surface area contributed by atoms with Crippen molar-refractivity contribution in [1.29, 1.82) is 0 Å². The van der Waals surface area contributed by atoms with Gasteiger partial charge in [0.25, 0.3) is 0 Å². The second kappa shape index (κ2) is 6.74. The van der Waals surface area contributed by atoms with Crippen LogP contribution < -0.4 is 4.90 Å². The zero-order chi connectivity index (χ0) is 19.1. The third-order valence-corrected chi connectivity index (χ3v) is 4.78. The summed E-state index contributed by atoms with van der Waals surface area (Å²) < 4.78 is 32.8. The average molecular weight is 390 g/mol. The third kappa shape index (κ3) is 3.30. The summed E-state index contributed by atoms with van der Waals surface area (Å²) >= 11 is 5.78. The lowest BCUT2D eigenvalue weighted by Gasteiger charge is -2.17. The Morgan fingerprint density at radius 2 is 2.00 bits per heavy atom. The molecule has 0 radical (unpaired) electrons. The lowest BCUT2D eigenvalue weighted by molar-refractivity contribution is -0.117. The normalized spacial score (nSPS) is 17.0. The highest BCUT2D eigenvalue weighted by Crippen LogP contribution is 2.33. The topological polar surface area (TPSA) is 59.2 Å². The Balaban J connectivity index is 1.57. The number of aromatic nitrogens is 2. The molecule has 0 N–H and O–H groups in total. The van der Waals surface area contributed by atoms with E-state index in [-0.39, 0.29) is 47.2 Å². The van der Waals surface area contributed by atoms with Crippen LogP contribution >= 0.6 is 11.6 Å². The molecule has 0 bridgehead atoms. The number of carbonyl (C=O) groups excluding carboxylic acids is 1. The van der Waals surface area contributed by atoms with Gasteiger partial charge in [0.05, 0.1) is 16.6 Å². The monoisotopic (exact) mass is 389 g/mol. The first-order valence-electron chi connectivity index (χ1n) is 8.28. The fourth-order valence-electron chi connectivity index (χ4n) is 3.09. The zero-order valence-corrected chi connectivity index (χ0v) is 15.0. The summed E-state index contributed by atoms with van der Waals surface area (Å²) in [5.41, 5.74) is 1.51. The molecule has 3 aromatic rings. The minimum atomic E-state index is -0.540. The second-order valence-corrected chi connectivity index (χ2v) is 6.85. The molecular formula is C19H14ClF2N3O2. The minimum absolute atomic E-state index is 0.0454. The van der Waals surface area contributed by atoms with Gasteiger partial charge in [-0.1, -0.05) is 22.8 Å². The summed E-state index contributed by atoms with van der Waals surface area (Å²) in [7, 11) is 0. The highest BCUT2D eigenvalue weighted by atomic mass is 35.5. The van der Waals surface area contributed by atoms with Crippen molar-refractivity contribution in [3.05, 3.63) is 64.5 Å². The summed E-state index contributed by atoms with van der Waals surface area (Å²) in [6.45, 7) is 2.02. The Bertz CT molecular complexity index is 1040. The largest absolute Gasteiger partial charge is 0.339 e. The minimum Gasteiger partial charge on any atom is -0.339 e. The van der Waals surface area contributed by atoms with Gasteiger partial charge in [0.2, 0.25) is 17.6 Å². The number of amides is 1. The van der Waals surface area contributed by atoms with E-state index in [1.54, 1.807) is 19.1 Å². The molecule has 5 nitrogen and oxygen atoms in total. The number of rotatable bonds is 3. The highest BCUT2D eigenvalue weighted by molar-refractivity contribution is 6.31. The first-order valence-corrected chi connectivity index (χ1v) is 8.65. The molecule has 4 rings (SSSR count). The number of anilines is 1. The fraction of sp³-hybridized carbons (Fsp3) is 0.211. The van der Waals surface area contributed by atoms with Crippen molar-refractivity contribution in [3.8, 4) is 11.4 Å². The van der Waals surface area contributed by atoms with Crippen LogP contribution in [0.25, 0.3) is 11.4 Å². The number of nitrogens with zero attached hydrogens (tertiary/aromatic N) is 3. The molecule has 2 heterocycles. The van der Waals surface area contributed by atoms with Crippen LogP contribution in [0.5, 0.6) is 0 Å². The number of carbonyl (C=O) groups is 1. The van der Waals surface area contributed by atoms with Crippen molar-refractivity contribution in [3.63, 3.8) is 0 Å². The summed E-state index contributed by atoms with van der Waals surface area (Å²) in [5, 5.41) is 3.84. The standard InChI is InChI=1S/C19H14ClF2N3O2/c1-10-2-5-16(15(22)6-10)25-9-12(8-17(25)26)19-23-18(24-27-19)11-3-4-14(21)13(20)7-11/h2-7,12H,8-9H2,1H3. The maximum Gasteiger partial charge on any atom is 0.232 e. The molecule has 1 unspecified atom stereocenters. The Morgan fingerprint density at radius 1 is 1.19 bits per heavy atom. The van der Waals surface area contributed by atoms with Gasteiger partial charge in [0.1, 0.15) is 11.6 Å². The van der Waals surface area contributed by atoms with Crippen LogP contribution in [0.2, 0.25) is 5.02 Å². The molecule has 1 amide bonds. The van der Waals surface area contributed by atoms with Crippen LogP contribution in [0.4, 0.5) is 14.5 Å². The van der Waals surface area contributed by atoms with E-state index < -0.39 is 11.6 Å². The van der Waals surface area contributed by atoms with E-state index in [1.807, 2.05) is 0 Å². The molecule has 1 saturated heterocycles. The van der Waals surface area contributed by atoms with Crippen LogP contribution in [-0.4, -0.2) is 22.6 Å². The van der Waals surface area contributed by atoms with Gasteiger partial charge in [-0.05, 0) is 42.8 Å². The smallest absolute Gasteiger partial charge is 0.232 e. The fourth-order valence-corrected chi connectivity index (χ4v) is 3.27. The van der Waals surface area contributed by atoms with Gasteiger partial charge in [-0.2, -0.15) is 4.98 Å². The number of halogens is 3.